The molecule has 1 aliphatic rings. The van der Waals surface area contributed by atoms with Gasteiger partial charge in [0.2, 0.25) is 5.96 Å². The summed E-state index contributed by atoms with van der Waals surface area (Å²) >= 11 is 7.52. The third-order valence-corrected chi connectivity index (χ3v) is 4.67. The number of ether oxygens (including phenoxy) is 1. The van der Waals surface area contributed by atoms with Gasteiger partial charge in [-0.1, -0.05) is 29.8 Å². The summed E-state index contributed by atoms with van der Waals surface area (Å²) in [5.41, 5.74) is 0.714. The van der Waals surface area contributed by atoms with Gasteiger partial charge in [-0.05, 0) is 48.3 Å². The molecule has 8 heteroatoms. The molecule has 0 saturated carbocycles. The van der Waals surface area contributed by atoms with Crippen LogP contribution < -0.4 is 14.8 Å². The largest absolute Gasteiger partial charge is 0.454 e. The minimum Gasteiger partial charge on any atom is -0.454 e. The lowest BCUT2D eigenvalue weighted by Crippen LogP contribution is -2.29. The van der Waals surface area contributed by atoms with Gasteiger partial charge < -0.3 is 10.1 Å². The molecule has 0 radical (unpaired) electrons. The average Bonchev–Trinajstić information content (AvgIpc) is 2.66. The summed E-state index contributed by atoms with van der Waals surface area (Å²) in [6, 6.07) is 15.7. The van der Waals surface area contributed by atoms with Crippen molar-refractivity contribution in [2.75, 3.05) is 5.32 Å². The normalized spacial score (nSPS) is 14.3. The fourth-order valence-electron chi connectivity index (χ4n) is 2.31. The Morgan fingerprint density at radius 2 is 1.88 bits per heavy atom. The number of aliphatic imine (C=N–C) groups is 1. The molecule has 0 saturated heterocycles. The third kappa shape index (κ3) is 3.44. The van der Waals surface area contributed by atoms with E-state index in [0.29, 0.717) is 28.2 Å². The van der Waals surface area contributed by atoms with Crippen LogP contribution in [0.25, 0.3) is 0 Å². The molecular formula is C18H12ClFN4OS. The molecule has 4 rings (SSSR count). The van der Waals surface area contributed by atoms with Crippen LogP contribution in [0.1, 0.15) is 0 Å². The number of rotatable bonds is 3. The fraction of sp³-hybridized carbons (Fsp3) is 0. The van der Waals surface area contributed by atoms with Crippen LogP contribution in [0.5, 0.6) is 11.5 Å². The van der Waals surface area contributed by atoms with Crippen molar-refractivity contribution < 1.29 is 9.13 Å². The smallest absolute Gasteiger partial charge is 0.213 e. The van der Waals surface area contributed by atoms with Crippen molar-refractivity contribution in [1.29, 1.82) is 0 Å². The van der Waals surface area contributed by atoms with E-state index >= 15 is 0 Å². The molecule has 5 nitrogen and oxygen atoms in total. The van der Waals surface area contributed by atoms with E-state index in [9.17, 15) is 4.39 Å². The van der Waals surface area contributed by atoms with Gasteiger partial charge in [-0.3, -0.25) is 4.72 Å². The number of hydrogen-bond donors (Lipinski definition) is 2. The van der Waals surface area contributed by atoms with Gasteiger partial charge >= 0.3 is 0 Å². The van der Waals surface area contributed by atoms with Crippen molar-refractivity contribution in [2.45, 2.75) is 4.90 Å². The minimum atomic E-state index is -0.500. The highest BCUT2D eigenvalue weighted by Crippen LogP contribution is 2.40. The van der Waals surface area contributed by atoms with E-state index in [4.69, 9.17) is 16.3 Å². The number of guanidine groups is 1. The van der Waals surface area contributed by atoms with Crippen LogP contribution in [0.4, 0.5) is 15.9 Å². The number of anilines is 1. The maximum absolute atomic E-state index is 13.8. The molecule has 0 atom stereocenters. The summed E-state index contributed by atoms with van der Waals surface area (Å²) in [5.74, 6) is 0.979. The quantitative estimate of drug-likeness (QED) is 0.592. The van der Waals surface area contributed by atoms with Crippen molar-refractivity contribution in [3.05, 3.63) is 71.6 Å². The molecule has 0 spiro atoms. The molecular weight excluding hydrogens is 375 g/mol. The van der Waals surface area contributed by atoms with E-state index in [0.717, 1.165) is 4.90 Å². The van der Waals surface area contributed by atoms with E-state index < -0.39 is 5.82 Å². The first-order chi connectivity index (χ1) is 12.7. The van der Waals surface area contributed by atoms with Crippen LogP contribution in [0.2, 0.25) is 5.02 Å². The van der Waals surface area contributed by atoms with Gasteiger partial charge in [-0.2, -0.15) is 4.99 Å². The lowest BCUT2D eigenvalue weighted by Gasteiger charge is -2.22. The van der Waals surface area contributed by atoms with Crippen molar-refractivity contribution in [3.8, 4) is 11.5 Å². The average molecular weight is 387 g/mol. The maximum atomic E-state index is 13.8. The SMILES string of the molecule is Fc1cccnc1/N=C1\NSc2cccc(Oc3ccccc3Cl)c2N1. The number of nitrogens with zero attached hydrogens (tertiary/aromatic N) is 2. The first-order valence-electron chi connectivity index (χ1n) is 7.65. The molecule has 3 aromatic rings. The minimum absolute atomic E-state index is 0.00365. The highest BCUT2D eigenvalue weighted by Gasteiger charge is 2.19. The van der Waals surface area contributed by atoms with E-state index in [-0.39, 0.29) is 5.82 Å². The summed E-state index contributed by atoms with van der Waals surface area (Å²) in [6.45, 7) is 0. The zero-order chi connectivity index (χ0) is 17.9. The Balaban J connectivity index is 1.66. The zero-order valence-corrected chi connectivity index (χ0v) is 14.8. The second-order valence-corrected chi connectivity index (χ2v) is 6.52. The lowest BCUT2D eigenvalue weighted by atomic mass is 10.2. The molecule has 1 aromatic heterocycles. The molecule has 2 N–H and O–H groups in total. The summed E-state index contributed by atoms with van der Waals surface area (Å²) in [7, 11) is 0. The first kappa shape index (κ1) is 16.7. The number of aromatic nitrogens is 1. The van der Waals surface area contributed by atoms with Crippen molar-refractivity contribution in [1.82, 2.24) is 9.71 Å². The van der Waals surface area contributed by atoms with Gasteiger partial charge in [0.25, 0.3) is 0 Å². The molecule has 0 amide bonds. The summed E-state index contributed by atoms with van der Waals surface area (Å²) in [4.78, 5) is 9.03. The Hall–Kier alpha value is -2.77. The van der Waals surface area contributed by atoms with Crippen LogP contribution in [-0.2, 0) is 0 Å². The van der Waals surface area contributed by atoms with Crippen LogP contribution >= 0.6 is 23.5 Å². The molecule has 0 fully saturated rings. The summed E-state index contributed by atoms with van der Waals surface area (Å²) in [5, 5.41) is 3.63. The number of benzene rings is 2. The predicted octanol–water partition coefficient (Wildman–Crippen LogP) is 5.38. The van der Waals surface area contributed by atoms with E-state index in [1.54, 1.807) is 12.1 Å². The number of nitrogens with one attached hydrogen (secondary N) is 2. The molecule has 2 heterocycles. The number of para-hydroxylation sites is 2. The molecule has 2 aromatic carbocycles. The van der Waals surface area contributed by atoms with Gasteiger partial charge in [0.1, 0.15) is 5.75 Å². The highest BCUT2D eigenvalue weighted by molar-refractivity contribution is 7.98. The zero-order valence-electron chi connectivity index (χ0n) is 13.2. The van der Waals surface area contributed by atoms with Crippen LogP contribution in [0.3, 0.4) is 0 Å². The predicted molar refractivity (Wildman–Crippen MR) is 102 cm³/mol. The maximum Gasteiger partial charge on any atom is 0.213 e. The third-order valence-electron chi connectivity index (χ3n) is 3.50. The van der Waals surface area contributed by atoms with Crippen molar-refractivity contribution in [2.24, 2.45) is 4.99 Å². The number of fused-ring (bicyclic) bond motifs is 1. The van der Waals surface area contributed by atoms with E-state index in [1.807, 2.05) is 30.3 Å². The first-order valence-corrected chi connectivity index (χ1v) is 8.84. The molecule has 26 heavy (non-hydrogen) atoms. The molecule has 130 valence electrons. The summed E-state index contributed by atoms with van der Waals surface area (Å²) in [6.07, 6.45) is 1.48. The Bertz CT molecular complexity index is 998. The number of hydrogen-bond acceptors (Lipinski definition) is 4. The molecule has 1 aliphatic heterocycles. The highest BCUT2D eigenvalue weighted by atomic mass is 35.5. The Kier molecular flexibility index (Phi) is 4.64. The molecule has 0 aliphatic carbocycles. The van der Waals surface area contributed by atoms with Crippen LogP contribution in [0.15, 0.2) is 70.7 Å². The van der Waals surface area contributed by atoms with Crippen molar-refractivity contribution >= 4 is 41.0 Å². The van der Waals surface area contributed by atoms with E-state index in [1.165, 1.54) is 30.3 Å². The topological polar surface area (TPSA) is 58.5 Å². The fourth-order valence-corrected chi connectivity index (χ4v) is 3.19. The molecule has 0 bridgehead atoms. The van der Waals surface area contributed by atoms with Gasteiger partial charge in [-0.15, -0.1) is 0 Å². The number of halogens is 2. The monoisotopic (exact) mass is 386 g/mol. The Morgan fingerprint density at radius 1 is 1.04 bits per heavy atom. The van der Waals surface area contributed by atoms with Crippen LogP contribution in [0, 0.1) is 5.82 Å². The van der Waals surface area contributed by atoms with E-state index in [2.05, 4.69) is 20.0 Å². The van der Waals surface area contributed by atoms with Gasteiger partial charge in [0.05, 0.1) is 15.6 Å². The van der Waals surface area contributed by atoms with Crippen molar-refractivity contribution in [3.63, 3.8) is 0 Å². The standard InChI is InChI=1S/C18H12ClFN4OS/c19-11-5-1-2-7-13(11)25-14-8-3-9-15-16(14)22-18(24-26-15)23-17-12(20)6-4-10-21-17/h1-10H,(H2,21,22,23,24). The second-order valence-electron chi connectivity index (χ2n) is 5.26. The second kappa shape index (κ2) is 7.23. The number of pyridine rings is 1. The van der Waals surface area contributed by atoms with Gasteiger partial charge in [0, 0.05) is 6.20 Å². The van der Waals surface area contributed by atoms with Gasteiger partial charge in [-0.25, -0.2) is 9.37 Å². The Labute approximate surface area is 158 Å². The van der Waals surface area contributed by atoms with Gasteiger partial charge in [0.15, 0.2) is 17.4 Å². The summed E-state index contributed by atoms with van der Waals surface area (Å²) < 4.78 is 22.8. The van der Waals surface area contributed by atoms with Crippen LogP contribution in [-0.4, -0.2) is 10.9 Å². The molecule has 0 unspecified atom stereocenters. The lowest BCUT2D eigenvalue weighted by molar-refractivity contribution is 0.484. The Morgan fingerprint density at radius 3 is 2.73 bits per heavy atom.